The van der Waals surface area contributed by atoms with Crippen molar-refractivity contribution in [2.45, 2.75) is 20.3 Å². The second-order valence-corrected chi connectivity index (χ2v) is 3.89. The van der Waals surface area contributed by atoms with E-state index in [1.54, 1.807) is 26.0 Å². The molecule has 1 rings (SSSR count). The summed E-state index contributed by atoms with van der Waals surface area (Å²) in [7, 11) is 1.43. The Morgan fingerprint density at radius 1 is 1.39 bits per heavy atom. The van der Waals surface area contributed by atoms with Gasteiger partial charge >= 0.3 is 5.97 Å². The molecule has 0 heterocycles. The van der Waals surface area contributed by atoms with Crippen molar-refractivity contribution < 1.29 is 19.4 Å². The molecule has 0 atom stereocenters. The summed E-state index contributed by atoms with van der Waals surface area (Å²) in [4.78, 5) is 22.5. The minimum Gasteiger partial charge on any atom is -0.495 e. The van der Waals surface area contributed by atoms with Crippen LogP contribution in [-0.4, -0.2) is 30.5 Å². The van der Waals surface area contributed by atoms with E-state index in [1.165, 1.54) is 7.11 Å². The smallest absolute Gasteiger partial charge is 0.341 e. The van der Waals surface area contributed by atoms with Gasteiger partial charge in [0.1, 0.15) is 11.3 Å². The minimum absolute atomic E-state index is 0.0193. The first-order valence-electron chi connectivity index (χ1n) is 5.67. The van der Waals surface area contributed by atoms with Crippen molar-refractivity contribution in [3.05, 3.63) is 23.3 Å². The van der Waals surface area contributed by atoms with Crippen LogP contribution in [0.15, 0.2) is 12.1 Å². The number of nitrogens with one attached hydrogen (secondary N) is 1. The average molecular weight is 251 g/mol. The predicted molar refractivity (Wildman–Crippen MR) is 68.5 cm³/mol. The van der Waals surface area contributed by atoms with Crippen LogP contribution < -0.4 is 10.1 Å². The second kappa shape index (κ2) is 6.05. The van der Waals surface area contributed by atoms with E-state index in [9.17, 15) is 14.7 Å². The molecule has 0 amide bonds. The summed E-state index contributed by atoms with van der Waals surface area (Å²) in [6.07, 6.45) is 0.415. The molecule has 0 aliphatic carbocycles. The molecule has 18 heavy (non-hydrogen) atoms. The molecule has 0 aromatic heterocycles. The van der Waals surface area contributed by atoms with E-state index in [1.807, 2.05) is 0 Å². The number of hydrogen-bond acceptors (Lipinski definition) is 4. The highest BCUT2D eigenvalue weighted by atomic mass is 16.5. The fourth-order valence-electron chi connectivity index (χ4n) is 1.63. The number of aromatic carboxylic acids is 1. The maximum absolute atomic E-state index is 11.3. The van der Waals surface area contributed by atoms with E-state index in [0.717, 1.165) is 5.56 Å². The summed E-state index contributed by atoms with van der Waals surface area (Å²) in [5.74, 6) is -0.746. The third-order valence-electron chi connectivity index (χ3n) is 2.64. The number of aryl methyl sites for hydroxylation is 1. The number of hydrogen-bond donors (Lipinski definition) is 2. The SMILES string of the molecule is CCC(=O)CNc1ccc(C)c(OC)c1C(=O)O. The molecule has 0 saturated carbocycles. The molecule has 0 radical (unpaired) electrons. The lowest BCUT2D eigenvalue weighted by Crippen LogP contribution is -2.15. The van der Waals surface area contributed by atoms with E-state index in [-0.39, 0.29) is 17.9 Å². The van der Waals surface area contributed by atoms with Gasteiger partial charge in [-0.1, -0.05) is 13.0 Å². The van der Waals surface area contributed by atoms with Crippen molar-refractivity contribution in [3.63, 3.8) is 0 Å². The van der Waals surface area contributed by atoms with Crippen LogP contribution in [0.3, 0.4) is 0 Å². The minimum atomic E-state index is -1.08. The standard InChI is InChI=1S/C13H17NO4/c1-4-9(15)7-14-10-6-5-8(2)12(18-3)11(10)13(16)17/h5-6,14H,4,7H2,1-3H3,(H,16,17). The molecule has 1 aromatic rings. The lowest BCUT2D eigenvalue weighted by molar-refractivity contribution is -0.117. The number of rotatable bonds is 6. The molecule has 0 aliphatic heterocycles. The molecule has 0 aliphatic rings. The van der Waals surface area contributed by atoms with Crippen LogP contribution in [0.25, 0.3) is 0 Å². The number of anilines is 1. The molecule has 5 nitrogen and oxygen atoms in total. The molecule has 0 bridgehead atoms. The van der Waals surface area contributed by atoms with Crippen LogP contribution in [0.4, 0.5) is 5.69 Å². The normalized spacial score (nSPS) is 9.94. The maximum Gasteiger partial charge on any atom is 0.341 e. The molecule has 0 spiro atoms. The molecule has 1 aromatic carbocycles. The number of ether oxygens (including phenoxy) is 1. The Morgan fingerprint density at radius 3 is 2.56 bits per heavy atom. The van der Waals surface area contributed by atoms with Crippen LogP contribution in [0.5, 0.6) is 5.75 Å². The monoisotopic (exact) mass is 251 g/mol. The van der Waals surface area contributed by atoms with Crippen LogP contribution in [0, 0.1) is 6.92 Å². The highest BCUT2D eigenvalue weighted by Crippen LogP contribution is 2.30. The number of Topliss-reactive ketones (excluding diaryl/α,β-unsaturated/α-hetero) is 1. The Bertz CT molecular complexity index is 468. The first-order valence-corrected chi connectivity index (χ1v) is 5.67. The van der Waals surface area contributed by atoms with E-state index in [2.05, 4.69) is 5.32 Å². The fourth-order valence-corrected chi connectivity index (χ4v) is 1.63. The van der Waals surface area contributed by atoms with Gasteiger partial charge in [0.25, 0.3) is 0 Å². The highest BCUT2D eigenvalue weighted by Gasteiger charge is 2.18. The largest absolute Gasteiger partial charge is 0.495 e. The van der Waals surface area contributed by atoms with Gasteiger partial charge in [-0.25, -0.2) is 4.79 Å². The lowest BCUT2D eigenvalue weighted by atomic mass is 10.1. The number of carbonyl (C=O) groups is 2. The number of methoxy groups -OCH3 is 1. The molecule has 0 fully saturated rings. The molecule has 2 N–H and O–H groups in total. The van der Waals surface area contributed by atoms with Gasteiger partial charge in [0.05, 0.1) is 19.3 Å². The van der Waals surface area contributed by atoms with E-state index >= 15 is 0 Å². The zero-order valence-corrected chi connectivity index (χ0v) is 10.7. The van der Waals surface area contributed by atoms with Crippen LogP contribution >= 0.6 is 0 Å². The highest BCUT2D eigenvalue weighted by molar-refractivity contribution is 5.98. The summed E-state index contributed by atoms with van der Waals surface area (Å²) in [6, 6.07) is 3.40. The number of carboxylic acids is 1. The van der Waals surface area contributed by atoms with E-state index in [0.29, 0.717) is 17.9 Å². The van der Waals surface area contributed by atoms with Crippen molar-refractivity contribution >= 4 is 17.4 Å². The third-order valence-corrected chi connectivity index (χ3v) is 2.64. The van der Waals surface area contributed by atoms with Gasteiger partial charge in [-0.05, 0) is 18.6 Å². The average Bonchev–Trinajstić information content (AvgIpc) is 2.35. The van der Waals surface area contributed by atoms with Gasteiger partial charge in [0.15, 0.2) is 5.78 Å². The van der Waals surface area contributed by atoms with Gasteiger partial charge in [-0.15, -0.1) is 0 Å². The van der Waals surface area contributed by atoms with Crippen LogP contribution in [0.1, 0.15) is 29.3 Å². The van der Waals surface area contributed by atoms with Crippen molar-refractivity contribution in [3.8, 4) is 5.75 Å². The van der Waals surface area contributed by atoms with E-state index < -0.39 is 5.97 Å². The predicted octanol–water partition coefficient (Wildman–Crippen LogP) is 2.09. The van der Waals surface area contributed by atoms with Gasteiger partial charge in [0.2, 0.25) is 0 Å². The maximum atomic E-state index is 11.3. The number of carboxylic acid groups (broad SMARTS) is 1. The Labute approximate surface area is 106 Å². The summed E-state index contributed by atoms with van der Waals surface area (Å²) < 4.78 is 5.11. The molecule has 98 valence electrons. The number of benzene rings is 1. The second-order valence-electron chi connectivity index (χ2n) is 3.89. The summed E-state index contributed by atoms with van der Waals surface area (Å²) in [5, 5.41) is 12.1. The topological polar surface area (TPSA) is 75.6 Å². The van der Waals surface area contributed by atoms with Crippen LogP contribution in [0.2, 0.25) is 0 Å². The zero-order valence-electron chi connectivity index (χ0n) is 10.7. The first-order chi connectivity index (χ1) is 8.51. The Balaban J connectivity index is 3.11. The molecule has 0 unspecified atom stereocenters. The van der Waals surface area contributed by atoms with Crippen molar-refractivity contribution in [1.29, 1.82) is 0 Å². The van der Waals surface area contributed by atoms with Gasteiger partial charge in [-0.2, -0.15) is 0 Å². The lowest BCUT2D eigenvalue weighted by Gasteiger charge is -2.14. The van der Waals surface area contributed by atoms with Crippen LogP contribution in [-0.2, 0) is 4.79 Å². The Morgan fingerprint density at radius 2 is 2.06 bits per heavy atom. The van der Waals surface area contributed by atoms with Crippen molar-refractivity contribution in [1.82, 2.24) is 0 Å². The number of carbonyl (C=O) groups excluding carboxylic acids is 1. The van der Waals surface area contributed by atoms with Crippen molar-refractivity contribution in [2.24, 2.45) is 0 Å². The van der Waals surface area contributed by atoms with Crippen molar-refractivity contribution in [2.75, 3.05) is 19.0 Å². The first kappa shape index (κ1) is 14.0. The number of ketones is 1. The Kier molecular flexibility index (Phi) is 4.71. The zero-order chi connectivity index (χ0) is 13.7. The fraction of sp³-hybridized carbons (Fsp3) is 0.385. The summed E-state index contributed by atoms with van der Waals surface area (Å²) in [6.45, 7) is 3.65. The van der Waals surface area contributed by atoms with Gasteiger partial charge in [-0.3, -0.25) is 4.79 Å². The molecular formula is C13H17NO4. The summed E-state index contributed by atoms with van der Waals surface area (Å²) in [5.41, 5.74) is 1.19. The molecular weight excluding hydrogens is 234 g/mol. The summed E-state index contributed by atoms with van der Waals surface area (Å²) >= 11 is 0. The quantitative estimate of drug-likeness (QED) is 0.809. The van der Waals surface area contributed by atoms with Gasteiger partial charge in [0, 0.05) is 6.42 Å². The Hall–Kier alpha value is -2.04. The third kappa shape index (κ3) is 3.00. The van der Waals surface area contributed by atoms with E-state index in [4.69, 9.17) is 4.74 Å². The molecule has 5 heteroatoms. The van der Waals surface area contributed by atoms with Gasteiger partial charge < -0.3 is 15.2 Å². The molecule has 0 saturated heterocycles.